The molecule has 1 atom stereocenters. The summed E-state index contributed by atoms with van der Waals surface area (Å²) in [5.41, 5.74) is 1.56. The highest BCUT2D eigenvalue weighted by atomic mass is 32.1. The molecule has 2 aromatic rings. The Morgan fingerprint density at radius 2 is 1.95 bits per heavy atom. The number of hydrogen-bond donors (Lipinski definition) is 1. The topological polar surface area (TPSA) is 64.4 Å². The Balaban J connectivity index is 2.00. The van der Waals surface area contributed by atoms with Crippen LogP contribution in [0.3, 0.4) is 0 Å². The van der Waals surface area contributed by atoms with E-state index in [1.54, 1.807) is 19.1 Å². The van der Waals surface area contributed by atoms with Crippen molar-refractivity contribution in [3.63, 3.8) is 0 Å². The van der Waals surface area contributed by atoms with Crippen LogP contribution >= 0.6 is 12.2 Å². The van der Waals surface area contributed by atoms with Gasteiger partial charge in [0.05, 0.1) is 4.92 Å². The van der Waals surface area contributed by atoms with Gasteiger partial charge in [-0.15, -0.1) is 0 Å². The molecule has 0 aliphatic rings. The Hall–Kier alpha value is -2.47. The molecular formula is C15H14N2O3S. The van der Waals surface area contributed by atoms with Gasteiger partial charge >= 0.3 is 0 Å². The molecular weight excluding hydrogens is 288 g/mol. The van der Waals surface area contributed by atoms with Crippen LogP contribution < -0.4 is 5.32 Å². The maximum absolute atomic E-state index is 10.8. The van der Waals surface area contributed by atoms with Gasteiger partial charge in [-0.1, -0.05) is 30.3 Å². The van der Waals surface area contributed by atoms with Crippen molar-refractivity contribution in [1.82, 2.24) is 0 Å². The summed E-state index contributed by atoms with van der Waals surface area (Å²) in [5, 5.41) is 13.9. The minimum atomic E-state index is -0.434. The second kappa shape index (κ2) is 6.81. The van der Waals surface area contributed by atoms with E-state index < -0.39 is 4.92 Å². The molecule has 5 nitrogen and oxygen atoms in total. The summed E-state index contributed by atoms with van der Waals surface area (Å²) in [4.78, 5) is 10.3. The van der Waals surface area contributed by atoms with Crippen molar-refractivity contribution in [3.05, 3.63) is 70.3 Å². The van der Waals surface area contributed by atoms with Gasteiger partial charge in [0.1, 0.15) is 6.10 Å². The summed E-state index contributed by atoms with van der Waals surface area (Å²) in [6.45, 7) is 1.79. The summed E-state index contributed by atoms with van der Waals surface area (Å²) in [6, 6.07) is 15.7. The third kappa shape index (κ3) is 4.25. The molecule has 0 heterocycles. The minimum absolute atomic E-state index is 0.0323. The van der Waals surface area contributed by atoms with Gasteiger partial charge in [0.15, 0.2) is 0 Å². The monoisotopic (exact) mass is 302 g/mol. The van der Waals surface area contributed by atoms with E-state index in [9.17, 15) is 10.1 Å². The zero-order valence-corrected chi connectivity index (χ0v) is 12.2. The van der Waals surface area contributed by atoms with Gasteiger partial charge in [-0.25, -0.2) is 0 Å². The molecule has 0 fully saturated rings. The third-order valence-corrected chi connectivity index (χ3v) is 3.05. The lowest BCUT2D eigenvalue weighted by Gasteiger charge is -2.16. The van der Waals surface area contributed by atoms with Crippen LogP contribution in [-0.4, -0.2) is 10.1 Å². The average Bonchev–Trinajstić information content (AvgIpc) is 2.48. The zero-order chi connectivity index (χ0) is 15.2. The number of nitrogens with one attached hydrogen (secondary N) is 1. The maximum Gasteiger partial charge on any atom is 0.269 e. The van der Waals surface area contributed by atoms with Crippen LogP contribution in [0.2, 0.25) is 0 Å². The molecule has 2 aromatic carbocycles. The highest BCUT2D eigenvalue weighted by Gasteiger charge is 2.13. The lowest BCUT2D eigenvalue weighted by atomic mass is 10.1. The molecule has 0 aromatic heterocycles. The molecule has 0 spiro atoms. The average molecular weight is 302 g/mol. The summed E-state index contributed by atoms with van der Waals surface area (Å²) in [7, 11) is 0. The number of nitro groups is 1. The Morgan fingerprint density at radius 1 is 1.24 bits per heavy atom. The highest BCUT2D eigenvalue weighted by molar-refractivity contribution is 7.80. The van der Waals surface area contributed by atoms with E-state index >= 15 is 0 Å². The molecule has 6 heteroatoms. The number of ether oxygens (including phenoxy) is 1. The number of anilines is 1. The molecule has 0 saturated carbocycles. The van der Waals surface area contributed by atoms with E-state index in [0.29, 0.717) is 5.56 Å². The van der Waals surface area contributed by atoms with E-state index in [0.717, 1.165) is 5.69 Å². The van der Waals surface area contributed by atoms with Crippen LogP contribution in [0.15, 0.2) is 54.6 Å². The van der Waals surface area contributed by atoms with Crippen molar-refractivity contribution in [3.8, 4) is 0 Å². The van der Waals surface area contributed by atoms with Crippen LogP contribution in [-0.2, 0) is 4.74 Å². The standard InChI is InChI=1S/C15H14N2O3S/c1-11(12-6-5-9-14(10-12)17(18)19)20-15(21)16-13-7-3-2-4-8-13/h2-11H,1H3,(H,16,21). The summed E-state index contributed by atoms with van der Waals surface area (Å²) in [6.07, 6.45) is -0.381. The molecule has 0 saturated heterocycles. The maximum atomic E-state index is 10.8. The molecule has 108 valence electrons. The van der Waals surface area contributed by atoms with Crippen molar-refractivity contribution in [2.24, 2.45) is 0 Å². The van der Waals surface area contributed by atoms with E-state index in [2.05, 4.69) is 5.32 Å². The van der Waals surface area contributed by atoms with E-state index in [4.69, 9.17) is 17.0 Å². The fourth-order valence-corrected chi connectivity index (χ4v) is 2.05. The van der Waals surface area contributed by atoms with E-state index in [-0.39, 0.29) is 17.0 Å². The zero-order valence-electron chi connectivity index (χ0n) is 11.4. The fraction of sp³-hybridized carbons (Fsp3) is 0.133. The lowest BCUT2D eigenvalue weighted by molar-refractivity contribution is -0.385. The highest BCUT2D eigenvalue weighted by Crippen LogP contribution is 2.22. The van der Waals surface area contributed by atoms with Crippen LogP contribution in [0, 0.1) is 10.1 Å². The molecule has 0 bridgehead atoms. The smallest absolute Gasteiger partial charge is 0.269 e. The number of nitro benzene ring substituents is 1. The number of thiocarbonyl (C=S) groups is 1. The van der Waals surface area contributed by atoms with Gasteiger partial charge in [0, 0.05) is 17.8 Å². The quantitative estimate of drug-likeness (QED) is 0.524. The van der Waals surface area contributed by atoms with Gasteiger partial charge < -0.3 is 10.1 Å². The molecule has 0 radical (unpaired) electrons. The van der Waals surface area contributed by atoms with Crippen LogP contribution in [0.1, 0.15) is 18.6 Å². The number of nitrogens with zero attached hydrogens (tertiary/aromatic N) is 1. The van der Waals surface area contributed by atoms with Gasteiger partial charge in [0.2, 0.25) is 0 Å². The Morgan fingerprint density at radius 3 is 2.62 bits per heavy atom. The molecule has 0 aliphatic heterocycles. The number of non-ortho nitro benzene ring substituents is 1. The van der Waals surface area contributed by atoms with Crippen molar-refractivity contribution >= 4 is 28.8 Å². The minimum Gasteiger partial charge on any atom is -0.463 e. The fourth-order valence-electron chi connectivity index (χ4n) is 1.79. The van der Waals surface area contributed by atoms with Crippen molar-refractivity contribution in [2.75, 3.05) is 5.32 Å². The molecule has 21 heavy (non-hydrogen) atoms. The number of rotatable bonds is 4. The van der Waals surface area contributed by atoms with E-state index in [1.807, 2.05) is 30.3 Å². The van der Waals surface area contributed by atoms with Gasteiger partial charge in [-0.3, -0.25) is 10.1 Å². The SMILES string of the molecule is CC(OC(=S)Nc1ccccc1)c1cccc([N+](=O)[O-])c1. The molecule has 0 aliphatic carbocycles. The molecule has 1 N–H and O–H groups in total. The van der Waals surface area contributed by atoms with Gasteiger partial charge in [-0.05, 0) is 36.8 Å². The second-order valence-corrected chi connectivity index (χ2v) is 4.76. The largest absolute Gasteiger partial charge is 0.463 e. The first kappa shape index (κ1) is 14.9. The Kier molecular flexibility index (Phi) is 4.84. The number of hydrogen-bond acceptors (Lipinski definition) is 4. The predicted octanol–water partition coefficient (Wildman–Crippen LogP) is 4.07. The normalized spacial score (nSPS) is 11.5. The summed E-state index contributed by atoms with van der Waals surface area (Å²) in [5.74, 6) is 0. The van der Waals surface area contributed by atoms with Crippen LogP contribution in [0.5, 0.6) is 0 Å². The van der Waals surface area contributed by atoms with E-state index in [1.165, 1.54) is 12.1 Å². The van der Waals surface area contributed by atoms with Crippen molar-refractivity contribution in [2.45, 2.75) is 13.0 Å². The predicted molar refractivity (Wildman–Crippen MR) is 85.3 cm³/mol. The van der Waals surface area contributed by atoms with Gasteiger partial charge in [-0.2, -0.15) is 0 Å². The first-order chi connectivity index (χ1) is 10.1. The van der Waals surface area contributed by atoms with Gasteiger partial charge in [0.25, 0.3) is 10.9 Å². The molecule has 1 unspecified atom stereocenters. The first-order valence-electron chi connectivity index (χ1n) is 6.33. The summed E-state index contributed by atoms with van der Waals surface area (Å²) < 4.78 is 5.57. The first-order valence-corrected chi connectivity index (χ1v) is 6.74. The van der Waals surface area contributed by atoms with Crippen molar-refractivity contribution < 1.29 is 9.66 Å². The van der Waals surface area contributed by atoms with Crippen LogP contribution in [0.4, 0.5) is 11.4 Å². The molecule has 0 amide bonds. The Bertz CT molecular complexity index is 646. The number of benzene rings is 2. The summed E-state index contributed by atoms with van der Waals surface area (Å²) >= 11 is 5.13. The van der Waals surface area contributed by atoms with Crippen LogP contribution in [0.25, 0.3) is 0 Å². The number of para-hydroxylation sites is 1. The second-order valence-electron chi connectivity index (χ2n) is 4.39. The lowest BCUT2D eigenvalue weighted by Crippen LogP contribution is -2.15. The Labute approximate surface area is 127 Å². The third-order valence-electron chi connectivity index (χ3n) is 2.85. The van der Waals surface area contributed by atoms with Crippen molar-refractivity contribution in [1.29, 1.82) is 0 Å². The molecule has 2 rings (SSSR count).